The molecule has 1 aliphatic rings. The number of amides is 1. The van der Waals surface area contributed by atoms with Crippen molar-refractivity contribution in [2.45, 2.75) is 26.7 Å². The van der Waals surface area contributed by atoms with Gasteiger partial charge in [-0.2, -0.15) is 0 Å². The summed E-state index contributed by atoms with van der Waals surface area (Å²) in [4.78, 5) is 21.4. The van der Waals surface area contributed by atoms with Crippen LogP contribution in [-0.2, 0) is 4.79 Å². The van der Waals surface area contributed by atoms with Crippen LogP contribution < -0.4 is 4.90 Å². The second-order valence-corrected chi connectivity index (χ2v) is 7.09. The summed E-state index contributed by atoms with van der Waals surface area (Å²) in [5, 5.41) is 1.17. The number of carbonyl (C=O) groups excluding carboxylic acids is 1. The average Bonchev–Trinajstić information content (AvgIpc) is 2.63. The van der Waals surface area contributed by atoms with Crippen molar-refractivity contribution in [1.82, 2.24) is 9.88 Å². The predicted molar refractivity (Wildman–Crippen MR) is 102 cm³/mol. The minimum atomic E-state index is 0.168. The largest absolute Gasteiger partial charge is 0.371 e. The van der Waals surface area contributed by atoms with Gasteiger partial charge in [-0.1, -0.05) is 12.1 Å². The molecule has 0 spiro atoms. The van der Waals surface area contributed by atoms with Crippen LogP contribution in [-0.4, -0.2) is 42.0 Å². The highest BCUT2D eigenvalue weighted by atomic mass is 79.9. The van der Waals surface area contributed by atoms with Crippen molar-refractivity contribution < 1.29 is 4.79 Å². The summed E-state index contributed by atoms with van der Waals surface area (Å²) >= 11 is 3.58. The molecule has 1 aromatic carbocycles. The zero-order valence-electron chi connectivity index (χ0n) is 14.3. The van der Waals surface area contributed by atoms with Gasteiger partial charge in [-0.25, -0.2) is 0 Å². The molecule has 0 N–H and O–H groups in total. The molecule has 3 rings (SSSR count). The van der Waals surface area contributed by atoms with Crippen LogP contribution in [0.2, 0.25) is 0 Å². The molecule has 2 heterocycles. The van der Waals surface area contributed by atoms with Gasteiger partial charge in [0.25, 0.3) is 0 Å². The molecular formula is C19H24BrN3O. The van der Waals surface area contributed by atoms with Crippen molar-refractivity contribution in [2.75, 3.05) is 31.1 Å². The summed E-state index contributed by atoms with van der Waals surface area (Å²) in [5.74, 6) is 0.489. The van der Waals surface area contributed by atoms with E-state index >= 15 is 0 Å². The molecule has 5 heteroatoms. The van der Waals surface area contributed by atoms with Crippen LogP contribution in [0.3, 0.4) is 0 Å². The Bertz CT molecular complexity index is 722. The second kappa shape index (κ2) is 7.51. The SMILES string of the molecule is CCN(CC)C(=O)C1CCN(c2ccnc3c(Br)cccc23)CC1. The Morgan fingerprint density at radius 1 is 1.25 bits per heavy atom. The smallest absolute Gasteiger partial charge is 0.225 e. The van der Waals surface area contributed by atoms with Crippen molar-refractivity contribution in [3.63, 3.8) is 0 Å². The molecule has 2 aromatic rings. The van der Waals surface area contributed by atoms with Crippen molar-refractivity contribution in [3.05, 3.63) is 34.9 Å². The van der Waals surface area contributed by atoms with E-state index in [2.05, 4.69) is 51.8 Å². The third kappa shape index (κ3) is 3.27. The Kier molecular flexibility index (Phi) is 5.39. The van der Waals surface area contributed by atoms with Crippen LogP contribution in [0.15, 0.2) is 34.9 Å². The van der Waals surface area contributed by atoms with Gasteiger partial charge < -0.3 is 9.80 Å². The van der Waals surface area contributed by atoms with Crippen LogP contribution in [0.4, 0.5) is 5.69 Å². The molecule has 0 aliphatic carbocycles. The first-order valence-electron chi connectivity index (χ1n) is 8.72. The summed E-state index contributed by atoms with van der Waals surface area (Å²) in [7, 11) is 0. The maximum Gasteiger partial charge on any atom is 0.225 e. The van der Waals surface area contributed by atoms with Gasteiger partial charge in [0.2, 0.25) is 5.91 Å². The molecule has 0 bridgehead atoms. The fourth-order valence-corrected chi connectivity index (χ4v) is 4.03. The average molecular weight is 390 g/mol. The first-order valence-corrected chi connectivity index (χ1v) is 9.52. The lowest BCUT2D eigenvalue weighted by atomic mass is 9.94. The van der Waals surface area contributed by atoms with Gasteiger partial charge in [-0.3, -0.25) is 9.78 Å². The number of para-hydroxylation sites is 1. The maximum absolute atomic E-state index is 12.6. The van der Waals surface area contributed by atoms with Crippen LogP contribution in [0.5, 0.6) is 0 Å². The monoisotopic (exact) mass is 389 g/mol. The Hall–Kier alpha value is -1.62. The van der Waals surface area contributed by atoms with Gasteiger partial charge in [0.1, 0.15) is 0 Å². The summed E-state index contributed by atoms with van der Waals surface area (Å²) in [6, 6.07) is 8.28. The normalized spacial score (nSPS) is 15.7. The van der Waals surface area contributed by atoms with E-state index in [4.69, 9.17) is 0 Å². The first-order chi connectivity index (χ1) is 11.7. The topological polar surface area (TPSA) is 36.4 Å². The van der Waals surface area contributed by atoms with Gasteiger partial charge in [-0.15, -0.1) is 0 Å². The standard InChI is InChI=1S/C19H24BrN3O/c1-3-22(4-2)19(24)14-9-12-23(13-10-14)17-8-11-21-18-15(17)6-5-7-16(18)20/h5-8,11,14H,3-4,9-10,12-13H2,1-2H3. The summed E-state index contributed by atoms with van der Waals surface area (Å²) in [5.41, 5.74) is 2.21. The molecule has 1 saturated heterocycles. The van der Waals surface area contributed by atoms with Gasteiger partial charge in [-0.05, 0) is 54.8 Å². The third-order valence-corrected chi connectivity index (χ3v) is 5.60. The molecule has 4 nitrogen and oxygen atoms in total. The van der Waals surface area contributed by atoms with E-state index < -0.39 is 0 Å². The zero-order valence-corrected chi connectivity index (χ0v) is 15.9. The number of rotatable bonds is 4. The molecule has 1 amide bonds. The lowest BCUT2D eigenvalue weighted by Crippen LogP contribution is -2.42. The Balaban J connectivity index is 1.76. The molecule has 24 heavy (non-hydrogen) atoms. The van der Waals surface area contributed by atoms with Crippen molar-refractivity contribution >= 4 is 38.4 Å². The van der Waals surface area contributed by atoms with Crippen molar-refractivity contribution in [2.24, 2.45) is 5.92 Å². The summed E-state index contributed by atoms with van der Waals surface area (Å²) in [6.07, 6.45) is 3.72. The number of hydrogen-bond acceptors (Lipinski definition) is 3. The summed E-state index contributed by atoms with van der Waals surface area (Å²) < 4.78 is 1.02. The van der Waals surface area contributed by atoms with E-state index in [-0.39, 0.29) is 5.92 Å². The van der Waals surface area contributed by atoms with E-state index in [1.807, 2.05) is 23.2 Å². The molecular weight excluding hydrogens is 366 g/mol. The van der Waals surface area contributed by atoms with Crippen LogP contribution in [0.1, 0.15) is 26.7 Å². The van der Waals surface area contributed by atoms with E-state index in [1.165, 1.54) is 11.1 Å². The fourth-order valence-electron chi connectivity index (χ4n) is 3.56. The second-order valence-electron chi connectivity index (χ2n) is 6.24. The van der Waals surface area contributed by atoms with Crippen LogP contribution in [0.25, 0.3) is 10.9 Å². The highest BCUT2D eigenvalue weighted by Gasteiger charge is 2.28. The number of piperidine rings is 1. The van der Waals surface area contributed by atoms with E-state index in [1.54, 1.807) is 0 Å². The molecule has 0 unspecified atom stereocenters. The highest BCUT2D eigenvalue weighted by Crippen LogP contribution is 2.32. The fraction of sp³-hybridized carbons (Fsp3) is 0.474. The van der Waals surface area contributed by atoms with E-state index in [0.717, 1.165) is 49.0 Å². The zero-order chi connectivity index (χ0) is 17.1. The predicted octanol–water partition coefficient (Wildman–Crippen LogP) is 4.08. The number of benzene rings is 1. The van der Waals surface area contributed by atoms with Crippen molar-refractivity contribution in [1.29, 1.82) is 0 Å². The Morgan fingerprint density at radius 3 is 2.62 bits per heavy atom. The molecule has 1 aromatic heterocycles. The Labute approximate surface area is 152 Å². The Morgan fingerprint density at radius 2 is 1.96 bits per heavy atom. The molecule has 128 valence electrons. The highest BCUT2D eigenvalue weighted by molar-refractivity contribution is 9.10. The van der Waals surface area contributed by atoms with Crippen LogP contribution >= 0.6 is 15.9 Å². The maximum atomic E-state index is 12.6. The molecule has 0 atom stereocenters. The number of pyridine rings is 1. The first kappa shape index (κ1) is 17.2. The van der Waals surface area contributed by atoms with Gasteiger partial charge in [0.05, 0.1) is 5.52 Å². The van der Waals surface area contributed by atoms with Gasteiger partial charge >= 0.3 is 0 Å². The minimum Gasteiger partial charge on any atom is -0.371 e. The number of nitrogens with zero attached hydrogens (tertiary/aromatic N) is 3. The number of aromatic nitrogens is 1. The quantitative estimate of drug-likeness (QED) is 0.789. The van der Waals surface area contributed by atoms with Gasteiger partial charge in [0.15, 0.2) is 0 Å². The number of carbonyl (C=O) groups is 1. The van der Waals surface area contributed by atoms with Crippen LogP contribution in [0, 0.1) is 5.92 Å². The lowest BCUT2D eigenvalue weighted by Gasteiger charge is -2.35. The minimum absolute atomic E-state index is 0.168. The van der Waals surface area contributed by atoms with Crippen molar-refractivity contribution in [3.8, 4) is 0 Å². The lowest BCUT2D eigenvalue weighted by molar-refractivity contribution is -0.135. The number of hydrogen-bond donors (Lipinski definition) is 0. The number of halogens is 1. The molecule has 1 fully saturated rings. The number of anilines is 1. The summed E-state index contributed by atoms with van der Waals surface area (Å²) in [6.45, 7) is 7.55. The third-order valence-electron chi connectivity index (χ3n) is 4.96. The van der Waals surface area contributed by atoms with Gasteiger partial charge in [0, 0.05) is 53.8 Å². The number of fused-ring (bicyclic) bond motifs is 1. The van der Waals surface area contributed by atoms with E-state index in [0.29, 0.717) is 5.91 Å². The molecule has 0 radical (unpaired) electrons. The molecule has 0 saturated carbocycles. The van der Waals surface area contributed by atoms with E-state index in [9.17, 15) is 4.79 Å². The molecule has 1 aliphatic heterocycles.